The molecule has 8 nitrogen and oxygen atoms in total. The lowest BCUT2D eigenvalue weighted by atomic mass is 9.95. The zero-order valence-electron chi connectivity index (χ0n) is 21.1. The molecule has 0 saturated carbocycles. The molecule has 1 amide bonds. The lowest BCUT2D eigenvalue weighted by Gasteiger charge is -2.23. The Bertz CT molecular complexity index is 1540. The van der Waals surface area contributed by atoms with Gasteiger partial charge in [-0.1, -0.05) is 30.4 Å². The molecule has 0 spiro atoms. The number of nitrogens with zero attached hydrogens (tertiary/aromatic N) is 2. The summed E-state index contributed by atoms with van der Waals surface area (Å²) in [5, 5.41) is 11.7. The average molecular weight is 531 g/mol. The van der Waals surface area contributed by atoms with Crippen molar-refractivity contribution in [2.75, 3.05) is 25.7 Å². The van der Waals surface area contributed by atoms with Crippen LogP contribution in [0, 0.1) is 0 Å². The van der Waals surface area contributed by atoms with E-state index in [4.69, 9.17) is 14.2 Å². The molecule has 3 aromatic carbocycles. The summed E-state index contributed by atoms with van der Waals surface area (Å²) in [5.41, 5.74) is 1.65. The first-order valence-electron chi connectivity index (χ1n) is 12.1. The van der Waals surface area contributed by atoms with Crippen LogP contribution in [0.15, 0.2) is 72.3 Å². The van der Waals surface area contributed by atoms with Crippen LogP contribution < -0.4 is 19.1 Å². The summed E-state index contributed by atoms with van der Waals surface area (Å²) in [7, 11) is 3.12. The molecule has 2 heterocycles. The van der Waals surface area contributed by atoms with Crippen LogP contribution in [-0.4, -0.2) is 42.6 Å². The molecule has 1 aromatic heterocycles. The molecule has 1 unspecified atom stereocenters. The number of methoxy groups -OCH3 is 2. The number of Topliss-reactive ketones (excluding diaryl/α,β-unsaturated/α-hetero) is 1. The van der Waals surface area contributed by atoms with Gasteiger partial charge in [-0.3, -0.25) is 14.5 Å². The molecular formula is C29H26N2O6S. The van der Waals surface area contributed by atoms with E-state index in [1.165, 1.54) is 16.2 Å². The summed E-state index contributed by atoms with van der Waals surface area (Å²) in [6.07, 6.45) is 0.829. The lowest BCUT2D eigenvalue weighted by Crippen LogP contribution is -2.29. The standard InChI is InChI=1S/C29H26N2O6S/c1-4-14-37-21-7-5-6-18(15-21)25-24(26(32)17-8-10-19(35-2)11-9-17)27(33)28(34)31(25)29-30-22-13-12-20(36-3)16-23(22)38-29/h5-13,15-16,25,32H,4,14H2,1-3H3. The van der Waals surface area contributed by atoms with E-state index in [0.29, 0.717) is 45.6 Å². The highest BCUT2D eigenvalue weighted by Gasteiger charge is 2.48. The van der Waals surface area contributed by atoms with Crippen LogP contribution in [0.25, 0.3) is 16.0 Å². The Kier molecular flexibility index (Phi) is 7.02. The number of fused-ring (bicyclic) bond motifs is 1. The van der Waals surface area contributed by atoms with Crippen molar-refractivity contribution in [3.05, 3.63) is 83.4 Å². The van der Waals surface area contributed by atoms with E-state index in [1.807, 2.05) is 19.1 Å². The lowest BCUT2D eigenvalue weighted by molar-refractivity contribution is -0.132. The second kappa shape index (κ2) is 10.5. The van der Waals surface area contributed by atoms with Gasteiger partial charge in [-0.15, -0.1) is 0 Å². The summed E-state index contributed by atoms with van der Waals surface area (Å²) in [4.78, 5) is 33.0. The van der Waals surface area contributed by atoms with Gasteiger partial charge < -0.3 is 19.3 Å². The topological polar surface area (TPSA) is 98.2 Å². The first-order valence-corrected chi connectivity index (χ1v) is 12.9. The zero-order valence-corrected chi connectivity index (χ0v) is 22.0. The normalized spacial score (nSPS) is 16.7. The van der Waals surface area contributed by atoms with E-state index < -0.39 is 17.7 Å². The molecule has 194 valence electrons. The molecule has 0 aliphatic carbocycles. The van der Waals surface area contributed by atoms with Gasteiger partial charge in [0.1, 0.15) is 23.0 Å². The monoisotopic (exact) mass is 530 g/mol. The number of ether oxygens (including phenoxy) is 3. The highest BCUT2D eigenvalue weighted by Crippen LogP contribution is 2.45. The van der Waals surface area contributed by atoms with Gasteiger partial charge in [0.2, 0.25) is 0 Å². The fourth-order valence-corrected chi connectivity index (χ4v) is 5.39. The van der Waals surface area contributed by atoms with E-state index in [0.717, 1.165) is 11.1 Å². The number of benzene rings is 3. The minimum absolute atomic E-state index is 0.0235. The van der Waals surface area contributed by atoms with Crippen molar-refractivity contribution in [2.24, 2.45) is 0 Å². The molecule has 1 saturated heterocycles. The van der Waals surface area contributed by atoms with Crippen molar-refractivity contribution in [1.82, 2.24) is 4.98 Å². The van der Waals surface area contributed by atoms with Crippen molar-refractivity contribution in [2.45, 2.75) is 19.4 Å². The second-order valence-electron chi connectivity index (χ2n) is 8.65. The van der Waals surface area contributed by atoms with Gasteiger partial charge in [0.05, 0.1) is 42.7 Å². The predicted octanol–water partition coefficient (Wildman–Crippen LogP) is 5.73. The van der Waals surface area contributed by atoms with Gasteiger partial charge >= 0.3 is 5.91 Å². The summed E-state index contributed by atoms with van der Waals surface area (Å²) in [6.45, 7) is 2.53. The van der Waals surface area contributed by atoms with Crippen LogP contribution in [-0.2, 0) is 9.59 Å². The second-order valence-corrected chi connectivity index (χ2v) is 9.66. The van der Waals surface area contributed by atoms with Crippen LogP contribution in [0.3, 0.4) is 0 Å². The Balaban J connectivity index is 1.68. The SMILES string of the molecule is CCCOc1cccc(C2C(=C(O)c3ccc(OC)cc3)C(=O)C(=O)N2c2nc3ccc(OC)cc3s2)c1. The van der Waals surface area contributed by atoms with Crippen molar-refractivity contribution < 1.29 is 28.9 Å². The molecule has 0 bridgehead atoms. The molecule has 1 aliphatic rings. The number of hydrogen-bond acceptors (Lipinski definition) is 8. The van der Waals surface area contributed by atoms with Gasteiger partial charge in [-0.25, -0.2) is 4.98 Å². The Morgan fingerprint density at radius 3 is 2.42 bits per heavy atom. The summed E-state index contributed by atoms with van der Waals surface area (Å²) >= 11 is 1.27. The third-order valence-corrected chi connectivity index (χ3v) is 7.26. The Morgan fingerprint density at radius 2 is 1.71 bits per heavy atom. The largest absolute Gasteiger partial charge is 0.507 e. The summed E-state index contributed by atoms with van der Waals surface area (Å²) in [6, 6.07) is 18.4. The molecule has 5 rings (SSSR count). The first-order chi connectivity index (χ1) is 18.4. The molecule has 1 fully saturated rings. The molecule has 1 atom stereocenters. The molecule has 4 aromatic rings. The van der Waals surface area contributed by atoms with E-state index in [2.05, 4.69) is 4.98 Å². The van der Waals surface area contributed by atoms with Crippen molar-refractivity contribution in [3.8, 4) is 17.2 Å². The minimum atomic E-state index is -0.912. The number of thiazole rings is 1. The maximum absolute atomic E-state index is 13.5. The molecule has 9 heteroatoms. The third kappa shape index (κ3) is 4.56. The van der Waals surface area contributed by atoms with E-state index in [-0.39, 0.29) is 11.3 Å². The number of rotatable bonds is 8. The van der Waals surface area contributed by atoms with E-state index >= 15 is 0 Å². The van der Waals surface area contributed by atoms with Gasteiger partial charge in [0.15, 0.2) is 5.13 Å². The van der Waals surface area contributed by atoms with Gasteiger partial charge in [0, 0.05) is 5.56 Å². The van der Waals surface area contributed by atoms with Crippen molar-refractivity contribution in [1.29, 1.82) is 0 Å². The minimum Gasteiger partial charge on any atom is -0.507 e. The van der Waals surface area contributed by atoms with E-state index in [9.17, 15) is 14.7 Å². The molecule has 0 radical (unpaired) electrons. The van der Waals surface area contributed by atoms with Crippen LogP contribution in [0.2, 0.25) is 0 Å². The Hall–Kier alpha value is -4.37. The number of hydrogen-bond donors (Lipinski definition) is 1. The summed E-state index contributed by atoms with van der Waals surface area (Å²) in [5.74, 6) is 0.0291. The number of aromatic nitrogens is 1. The van der Waals surface area contributed by atoms with Crippen LogP contribution in [0.5, 0.6) is 17.2 Å². The Labute approximate surface area is 223 Å². The predicted molar refractivity (Wildman–Crippen MR) is 146 cm³/mol. The third-order valence-electron chi connectivity index (χ3n) is 6.24. The number of amides is 1. The summed E-state index contributed by atoms with van der Waals surface area (Å²) < 4.78 is 17.2. The molecular weight excluding hydrogens is 504 g/mol. The van der Waals surface area contributed by atoms with Gasteiger partial charge in [0.25, 0.3) is 5.78 Å². The smallest absolute Gasteiger partial charge is 0.301 e. The highest BCUT2D eigenvalue weighted by molar-refractivity contribution is 7.22. The van der Waals surface area contributed by atoms with Crippen molar-refractivity contribution in [3.63, 3.8) is 0 Å². The zero-order chi connectivity index (χ0) is 26.8. The highest BCUT2D eigenvalue weighted by atomic mass is 32.1. The number of ketones is 1. The number of anilines is 1. The quantitative estimate of drug-likeness (QED) is 0.177. The maximum atomic E-state index is 13.5. The molecule has 1 N–H and O–H groups in total. The first kappa shape index (κ1) is 25.3. The number of aliphatic hydroxyl groups is 1. The molecule has 38 heavy (non-hydrogen) atoms. The fraction of sp³-hybridized carbons (Fsp3) is 0.207. The maximum Gasteiger partial charge on any atom is 0.301 e. The van der Waals surface area contributed by atoms with Crippen LogP contribution >= 0.6 is 11.3 Å². The fourth-order valence-electron chi connectivity index (χ4n) is 4.37. The van der Waals surface area contributed by atoms with Gasteiger partial charge in [-0.2, -0.15) is 0 Å². The van der Waals surface area contributed by atoms with Crippen LogP contribution in [0.4, 0.5) is 5.13 Å². The van der Waals surface area contributed by atoms with E-state index in [1.54, 1.807) is 68.8 Å². The molecule has 1 aliphatic heterocycles. The number of carbonyl (C=O) groups is 2. The van der Waals surface area contributed by atoms with Crippen LogP contribution in [0.1, 0.15) is 30.5 Å². The Morgan fingerprint density at radius 1 is 0.974 bits per heavy atom. The number of carbonyl (C=O) groups excluding carboxylic acids is 2. The average Bonchev–Trinajstić information content (AvgIpc) is 3.49. The van der Waals surface area contributed by atoms with Crippen molar-refractivity contribution >= 4 is 44.1 Å². The number of aliphatic hydroxyl groups excluding tert-OH is 1. The van der Waals surface area contributed by atoms with Gasteiger partial charge in [-0.05, 0) is 66.6 Å².